The second-order valence-electron chi connectivity index (χ2n) is 7.74. The van der Waals surface area contributed by atoms with Crippen LogP contribution in [0.3, 0.4) is 0 Å². The number of nitrogens with one attached hydrogen (secondary N) is 1. The number of aryl methyl sites for hydroxylation is 1. The lowest BCUT2D eigenvalue weighted by atomic mass is 10.2. The fourth-order valence-corrected chi connectivity index (χ4v) is 4.80. The van der Waals surface area contributed by atoms with E-state index in [9.17, 15) is 14.4 Å². The number of hydrogen-bond donors (Lipinski definition) is 1. The van der Waals surface area contributed by atoms with E-state index in [0.717, 1.165) is 28.6 Å². The maximum Gasteiger partial charge on any atom is 0.293 e. The molecule has 1 saturated heterocycles. The molecule has 0 bridgehead atoms. The summed E-state index contributed by atoms with van der Waals surface area (Å²) in [7, 11) is 0. The van der Waals surface area contributed by atoms with E-state index in [1.165, 1.54) is 4.90 Å². The van der Waals surface area contributed by atoms with Crippen molar-refractivity contribution in [1.29, 1.82) is 0 Å². The fraction of sp³-hybridized carbons (Fsp3) is 0.115. The highest BCUT2D eigenvalue weighted by Gasteiger charge is 2.35. The zero-order valence-corrected chi connectivity index (χ0v) is 21.7. The first kappa shape index (κ1) is 25.0. The average Bonchev–Trinajstić information content (AvgIpc) is 3.08. The zero-order chi connectivity index (χ0) is 24.9. The second kappa shape index (κ2) is 11.1. The summed E-state index contributed by atoms with van der Waals surface area (Å²) in [6.07, 6.45) is 1.66. The molecule has 0 saturated carbocycles. The molecule has 1 heterocycles. The maximum absolute atomic E-state index is 12.8. The quantitative estimate of drug-likeness (QED) is 0.321. The van der Waals surface area contributed by atoms with Gasteiger partial charge in [-0.15, -0.1) is 0 Å². The number of anilines is 1. The minimum absolute atomic E-state index is 0.157. The Bertz CT molecular complexity index is 1330. The minimum Gasteiger partial charge on any atom is -0.483 e. The summed E-state index contributed by atoms with van der Waals surface area (Å²) >= 11 is 10.2. The Morgan fingerprint density at radius 1 is 1.11 bits per heavy atom. The Hall–Kier alpha value is -3.07. The van der Waals surface area contributed by atoms with Gasteiger partial charge in [0.05, 0.1) is 15.9 Å². The van der Waals surface area contributed by atoms with Gasteiger partial charge >= 0.3 is 0 Å². The van der Waals surface area contributed by atoms with Crippen molar-refractivity contribution >= 4 is 68.1 Å². The van der Waals surface area contributed by atoms with Gasteiger partial charge in [0, 0.05) is 10.7 Å². The van der Waals surface area contributed by atoms with Gasteiger partial charge in [0.15, 0.2) is 6.61 Å². The molecule has 3 aromatic carbocycles. The lowest BCUT2D eigenvalue weighted by molar-refractivity contribution is -0.123. The number of amides is 3. The summed E-state index contributed by atoms with van der Waals surface area (Å²) in [4.78, 5) is 39.0. The average molecular weight is 572 g/mol. The first-order chi connectivity index (χ1) is 16.8. The number of imide groups is 1. The van der Waals surface area contributed by atoms with Crippen molar-refractivity contribution in [2.24, 2.45) is 0 Å². The van der Waals surface area contributed by atoms with Crippen molar-refractivity contribution in [2.75, 3.05) is 11.9 Å². The monoisotopic (exact) mass is 570 g/mol. The molecule has 6 nitrogen and oxygen atoms in total. The summed E-state index contributed by atoms with van der Waals surface area (Å²) in [6, 6.07) is 19.7. The molecule has 35 heavy (non-hydrogen) atoms. The molecule has 0 aliphatic carbocycles. The molecule has 1 aliphatic heterocycles. The van der Waals surface area contributed by atoms with Gasteiger partial charge in [-0.3, -0.25) is 19.3 Å². The van der Waals surface area contributed by atoms with E-state index in [1.807, 2.05) is 31.2 Å². The summed E-state index contributed by atoms with van der Waals surface area (Å²) in [5.41, 5.74) is 3.23. The van der Waals surface area contributed by atoms with Gasteiger partial charge in [0.2, 0.25) is 0 Å². The van der Waals surface area contributed by atoms with E-state index in [1.54, 1.807) is 48.5 Å². The Kier molecular flexibility index (Phi) is 7.95. The van der Waals surface area contributed by atoms with Crippen LogP contribution >= 0.6 is 39.3 Å². The van der Waals surface area contributed by atoms with Crippen LogP contribution in [0.5, 0.6) is 5.75 Å². The third-order valence-electron chi connectivity index (χ3n) is 5.16. The van der Waals surface area contributed by atoms with Crippen LogP contribution in [-0.4, -0.2) is 28.6 Å². The van der Waals surface area contributed by atoms with E-state index in [4.69, 9.17) is 16.3 Å². The predicted octanol–water partition coefficient (Wildman–Crippen LogP) is 6.66. The van der Waals surface area contributed by atoms with Gasteiger partial charge in [-0.1, -0.05) is 48.0 Å². The van der Waals surface area contributed by atoms with E-state index in [2.05, 4.69) is 21.2 Å². The third kappa shape index (κ3) is 6.33. The summed E-state index contributed by atoms with van der Waals surface area (Å²) < 4.78 is 6.26. The molecule has 0 aromatic heterocycles. The molecule has 178 valence electrons. The number of nitrogens with zero attached hydrogens (tertiary/aromatic N) is 1. The summed E-state index contributed by atoms with van der Waals surface area (Å²) in [5.74, 6) is -0.137. The topological polar surface area (TPSA) is 75.7 Å². The maximum atomic E-state index is 12.8. The molecule has 0 unspecified atom stereocenters. The smallest absolute Gasteiger partial charge is 0.293 e. The molecule has 1 N–H and O–H groups in total. The number of halogens is 2. The molecule has 0 spiro atoms. The SMILES string of the molecule is Cc1ccccc1NC(=O)COc1ccc(/C=C2\SC(=O)N(Cc3ccc(Cl)cc3)C2=O)cc1Br. The van der Waals surface area contributed by atoms with Crippen LogP contribution in [-0.2, 0) is 16.1 Å². The Morgan fingerprint density at radius 3 is 2.57 bits per heavy atom. The predicted molar refractivity (Wildman–Crippen MR) is 142 cm³/mol. The number of rotatable bonds is 7. The van der Waals surface area contributed by atoms with Crippen LogP contribution in [0.2, 0.25) is 5.02 Å². The first-order valence-electron chi connectivity index (χ1n) is 10.6. The lowest BCUT2D eigenvalue weighted by Crippen LogP contribution is -2.27. The molecule has 4 rings (SSSR count). The number of carbonyl (C=O) groups excluding carboxylic acids is 3. The van der Waals surface area contributed by atoms with Gasteiger partial charge < -0.3 is 10.1 Å². The van der Waals surface area contributed by atoms with Gasteiger partial charge in [0.25, 0.3) is 17.1 Å². The highest BCUT2D eigenvalue weighted by molar-refractivity contribution is 9.10. The molecular formula is C26H20BrClN2O4S. The molecular weight excluding hydrogens is 552 g/mol. The van der Waals surface area contributed by atoms with Crippen molar-refractivity contribution in [2.45, 2.75) is 13.5 Å². The molecule has 1 fully saturated rings. The first-order valence-corrected chi connectivity index (χ1v) is 12.6. The van der Waals surface area contributed by atoms with E-state index < -0.39 is 0 Å². The van der Waals surface area contributed by atoms with Crippen molar-refractivity contribution < 1.29 is 19.1 Å². The van der Waals surface area contributed by atoms with Crippen molar-refractivity contribution in [3.63, 3.8) is 0 Å². The minimum atomic E-state index is -0.348. The number of hydrogen-bond acceptors (Lipinski definition) is 5. The van der Waals surface area contributed by atoms with Gasteiger partial charge in [-0.2, -0.15) is 0 Å². The largest absolute Gasteiger partial charge is 0.483 e. The second-order valence-corrected chi connectivity index (χ2v) is 10.0. The Labute approximate surface area is 220 Å². The van der Waals surface area contributed by atoms with E-state index >= 15 is 0 Å². The van der Waals surface area contributed by atoms with Gasteiger partial charge in [0.1, 0.15) is 5.75 Å². The van der Waals surface area contributed by atoms with Crippen LogP contribution in [0.1, 0.15) is 16.7 Å². The molecule has 0 radical (unpaired) electrons. The molecule has 0 atom stereocenters. The highest BCUT2D eigenvalue weighted by Crippen LogP contribution is 2.35. The fourth-order valence-electron chi connectivity index (χ4n) is 3.33. The number of carbonyl (C=O) groups is 3. The van der Waals surface area contributed by atoms with E-state index in [0.29, 0.717) is 25.7 Å². The number of benzene rings is 3. The van der Waals surface area contributed by atoms with E-state index in [-0.39, 0.29) is 30.2 Å². The van der Waals surface area contributed by atoms with Gasteiger partial charge in [-0.05, 0) is 87.7 Å². The number of ether oxygens (including phenoxy) is 1. The summed E-state index contributed by atoms with van der Waals surface area (Å²) in [6.45, 7) is 1.94. The molecule has 3 aromatic rings. The van der Waals surface area contributed by atoms with Crippen LogP contribution in [0, 0.1) is 6.92 Å². The molecule has 3 amide bonds. The third-order valence-corrected chi connectivity index (χ3v) is 6.94. The van der Waals surface area contributed by atoms with Crippen molar-refractivity contribution in [3.05, 3.63) is 97.8 Å². The number of thioether (sulfide) groups is 1. The normalized spacial score (nSPS) is 14.5. The van der Waals surface area contributed by atoms with Crippen molar-refractivity contribution in [1.82, 2.24) is 4.90 Å². The van der Waals surface area contributed by atoms with Gasteiger partial charge in [-0.25, -0.2) is 0 Å². The Morgan fingerprint density at radius 2 is 1.86 bits per heavy atom. The Balaban J connectivity index is 1.39. The zero-order valence-electron chi connectivity index (χ0n) is 18.6. The van der Waals surface area contributed by atoms with Crippen LogP contribution in [0.4, 0.5) is 10.5 Å². The number of para-hydroxylation sites is 1. The highest BCUT2D eigenvalue weighted by atomic mass is 79.9. The summed E-state index contributed by atoms with van der Waals surface area (Å²) in [5, 5.41) is 3.09. The van der Waals surface area contributed by atoms with Crippen LogP contribution in [0.15, 0.2) is 76.1 Å². The molecule has 9 heteroatoms. The lowest BCUT2D eigenvalue weighted by Gasteiger charge is -2.12. The van der Waals surface area contributed by atoms with Crippen LogP contribution < -0.4 is 10.1 Å². The van der Waals surface area contributed by atoms with Crippen LogP contribution in [0.25, 0.3) is 6.08 Å². The standard InChI is InChI=1S/C26H20BrClN2O4S/c1-16-4-2-3-5-21(16)29-24(31)15-34-22-11-8-18(12-20(22)27)13-23-25(32)30(26(33)35-23)14-17-6-9-19(28)10-7-17/h2-13H,14-15H2,1H3,(H,29,31)/b23-13-. The molecule has 1 aliphatic rings. The van der Waals surface area contributed by atoms with Crippen molar-refractivity contribution in [3.8, 4) is 5.75 Å².